The predicted octanol–water partition coefficient (Wildman–Crippen LogP) is 6.42. The first-order chi connectivity index (χ1) is 14.2. The number of aromatic nitrogens is 1. The molecule has 0 aliphatic rings. The van der Waals surface area contributed by atoms with Crippen LogP contribution in [0.5, 0.6) is 0 Å². The molecule has 0 spiro atoms. The molecule has 3 nitrogen and oxygen atoms in total. The Morgan fingerprint density at radius 2 is 1.66 bits per heavy atom. The largest absolute Gasteiger partial charge is 0.283 e. The third-order valence-corrected chi connectivity index (χ3v) is 6.66. The summed E-state index contributed by atoms with van der Waals surface area (Å²) in [6, 6.07) is 25.8. The van der Waals surface area contributed by atoms with Crippen molar-refractivity contribution in [1.29, 1.82) is 0 Å². The number of fused-ring (bicyclic) bond motifs is 1. The van der Waals surface area contributed by atoms with Crippen LogP contribution in [0.1, 0.15) is 11.1 Å². The molecule has 0 saturated heterocycles. The van der Waals surface area contributed by atoms with Gasteiger partial charge in [-0.25, -0.2) is 4.98 Å². The highest BCUT2D eigenvalue weighted by Gasteiger charge is 2.20. The highest BCUT2D eigenvalue weighted by atomic mass is 35.5. The number of thioether (sulfide) groups is 1. The van der Waals surface area contributed by atoms with E-state index in [1.54, 1.807) is 16.7 Å². The summed E-state index contributed by atoms with van der Waals surface area (Å²) in [5.41, 5.74) is 3.15. The number of thiazole rings is 1. The normalized spacial score (nSPS) is 10.9. The van der Waals surface area contributed by atoms with Crippen LogP contribution in [0.15, 0.2) is 78.9 Å². The number of amides is 1. The first kappa shape index (κ1) is 20.0. The quantitative estimate of drug-likeness (QED) is 0.334. The number of benzene rings is 3. The second-order valence-corrected chi connectivity index (χ2v) is 8.98. The van der Waals surface area contributed by atoms with Gasteiger partial charge >= 0.3 is 0 Å². The summed E-state index contributed by atoms with van der Waals surface area (Å²) in [6.07, 6.45) is 0. The number of hydrogen-bond acceptors (Lipinski definition) is 4. The Balaban J connectivity index is 1.54. The summed E-state index contributed by atoms with van der Waals surface area (Å²) in [5.74, 6) is 1.26. The van der Waals surface area contributed by atoms with Gasteiger partial charge in [-0.1, -0.05) is 83.6 Å². The Hall–Kier alpha value is -2.34. The Labute approximate surface area is 183 Å². The van der Waals surface area contributed by atoms with Crippen LogP contribution >= 0.6 is 34.7 Å². The van der Waals surface area contributed by atoms with Gasteiger partial charge in [0.15, 0.2) is 5.13 Å². The van der Waals surface area contributed by atoms with Crippen molar-refractivity contribution < 1.29 is 4.79 Å². The fraction of sp³-hybridized carbons (Fsp3) is 0.130. The van der Waals surface area contributed by atoms with Crippen LogP contribution in [0.4, 0.5) is 5.13 Å². The molecule has 3 aromatic carbocycles. The minimum atomic E-state index is 0.0555. The Morgan fingerprint density at radius 3 is 2.38 bits per heavy atom. The second-order valence-electron chi connectivity index (χ2n) is 6.55. The summed E-state index contributed by atoms with van der Waals surface area (Å²) in [4.78, 5) is 19.6. The maximum atomic E-state index is 13.1. The number of nitrogens with zero attached hydrogens (tertiary/aromatic N) is 2. The fourth-order valence-corrected chi connectivity index (χ4v) is 5.06. The zero-order chi connectivity index (χ0) is 20.1. The molecule has 0 fully saturated rings. The third kappa shape index (κ3) is 5.18. The molecule has 1 heterocycles. The van der Waals surface area contributed by atoms with E-state index >= 15 is 0 Å². The molecule has 1 amide bonds. The summed E-state index contributed by atoms with van der Waals surface area (Å²) >= 11 is 9.24. The first-order valence-corrected chi connectivity index (χ1v) is 11.6. The lowest BCUT2D eigenvalue weighted by Gasteiger charge is -2.20. The third-order valence-electron chi connectivity index (χ3n) is 4.39. The second kappa shape index (κ2) is 9.44. The molecular formula is C23H19ClN2OS2. The Bertz CT molecular complexity index is 1100. The van der Waals surface area contributed by atoms with Crippen molar-refractivity contribution in [2.24, 2.45) is 0 Å². The molecule has 0 aliphatic carbocycles. The molecule has 1 aromatic heterocycles. The highest BCUT2D eigenvalue weighted by Crippen LogP contribution is 2.32. The minimum Gasteiger partial charge on any atom is -0.283 e. The number of halogens is 1. The Morgan fingerprint density at radius 1 is 0.966 bits per heavy atom. The first-order valence-electron chi connectivity index (χ1n) is 9.21. The molecule has 29 heavy (non-hydrogen) atoms. The summed E-state index contributed by atoms with van der Waals surface area (Å²) < 4.78 is 0.982. The van der Waals surface area contributed by atoms with Crippen LogP contribution in [0.3, 0.4) is 0 Å². The zero-order valence-corrected chi connectivity index (χ0v) is 18.0. The summed E-state index contributed by atoms with van der Waals surface area (Å²) in [6.45, 7) is 0.499. The van der Waals surface area contributed by atoms with Crippen molar-refractivity contribution in [3.05, 3.63) is 95.0 Å². The minimum absolute atomic E-state index is 0.0555. The van der Waals surface area contributed by atoms with Crippen molar-refractivity contribution in [3.8, 4) is 0 Å². The molecule has 0 radical (unpaired) electrons. The lowest BCUT2D eigenvalue weighted by atomic mass is 10.2. The van der Waals surface area contributed by atoms with Gasteiger partial charge in [0.2, 0.25) is 5.91 Å². The van der Waals surface area contributed by atoms with Gasteiger partial charge in [0.05, 0.1) is 22.5 Å². The Kier molecular flexibility index (Phi) is 6.49. The average Bonchev–Trinajstić information content (AvgIpc) is 3.16. The van der Waals surface area contributed by atoms with Crippen molar-refractivity contribution >= 4 is 56.0 Å². The molecule has 0 unspecified atom stereocenters. The number of carbonyl (C=O) groups is 1. The van der Waals surface area contributed by atoms with Crippen LogP contribution in [0, 0.1) is 0 Å². The SMILES string of the molecule is O=C(CSCc1ccccc1)N(Cc1ccccc1)c1nc2ccc(Cl)cc2s1. The molecule has 4 rings (SSSR count). The smallest absolute Gasteiger partial charge is 0.239 e. The molecule has 0 N–H and O–H groups in total. The van der Waals surface area contributed by atoms with Gasteiger partial charge < -0.3 is 0 Å². The molecule has 4 aromatic rings. The van der Waals surface area contributed by atoms with Gasteiger partial charge in [-0.15, -0.1) is 11.8 Å². The molecule has 0 bridgehead atoms. The van der Waals surface area contributed by atoms with E-state index in [4.69, 9.17) is 16.6 Å². The molecular weight excluding hydrogens is 420 g/mol. The van der Waals surface area contributed by atoms with Crippen molar-refractivity contribution in [2.75, 3.05) is 10.7 Å². The van der Waals surface area contributed by atoms with E-state index in [9.17, 15) is 4.79 Å². The van der Waals surface area contributed by atoms with Gasteiger partial charge in [0.1, 0.15) is 0 Å². The van der Waals surface area contributed by atoms with Gasteiger partial charge in [-0.2, -0.15) is 0 Å². The van der Waals surface area contributed by atoms with E-state index in [1.165, 1.54) is 16.9 Å². The molecule has 6 heteroatoms. The van der Waals surface area contributed by atoms with Crippen LogP contribution in [0.25, 0.3) is 10.2 Å². The van der Waals surface area contributed by atoms with Crippen molar-refractivity contribution in [2.45, 2.75) is 12.3 Å². The lowest BCUT2D eigenvalue weighted by molar-refractivity contribution is -0.116. The molecule has 0 atom stereocenters. The highest BCUT2D eigenvalue weighted by molar-refractivity contribution is 7.99. The van der Waals surface area contributed by atoms with E-state index in [2.05, 4.69) is 12.1 Å². The van der Waals surface area contributed by atoms with Crippen LogP contribution in [0.2, 0.25) is 5.02 Å². The zero-order valence-electron chi connectivity index (χ0n) is 15.6. The monoisotopic (exact) mass is 438 g/mol. The van der Waals surface area contributed by atoms with Crippen LogP contribution in [-0.4, -0.2) is 16.6 Å². The molecule has 146 valence electrons. The summed E-state index contributed by atoms with van der Waals surface area (Å²) in [5, 5.41) is 1.38. The fourth-order valence-electron chi connectivity index (χ4n) is 2.94. The topological polar surface area (TPSA) is 33.2 Å². The maximum absolute atomic E-state index is 13.1. The average molecular weight is 439 g/mol. The number of carbonyl (C=O) groups excluding carboxylic acids is 1. The van der Waals surface area contributed by atoms with E-state index in [0.717, 1.165) is 21.5 Å². The number of anilines is 1. The number of hydrogen-bond donors (Lipinski definition) is 0. The van der Waals surface area contributed by atoms with Gasteiger partial charge in [-0.3, -0.25) is 9.69 Å². The summed E-state index contributed by atoms with van der Waals surface area (Å²) in [7, 11) is 0. The van der Waals surface area contributed by atoms with Crippen LogP contribution < -0.4 is 4.90 Å². The van der Waals surface area contributed by atoms with Gasteiger partial charge in [0.25, 0.3) is 0 Å². The van der Waals surface area contributed by atoms with Crippen molar-refractivity contribution in [1.82, 2.24) is 4.98 Å². The molecule has 0 saturated carbocycles. The van der Waals surface area contributed by atoms with E-state index in [-0.39, 0.29) is 5.91 Å². The maximum Gasteiger partial charge on any atom is 0.239 e. The van der Waals surface area contributed by atoms with E-state index < -0.39 is 0 Å². The van der Waals surface area contributed by atoms with Gasteiger partial charge in [0, 0.05) is 10.8 Å². The van der Waals surface area contributed by atoms with Crippen molar-refractivity contribution in [3.63, 3.8) is 0 Å². The standard InChI is InChI=1S/C23H19ClN2OS2/c24-19-11-12-20-21(13-19)29-23(25-20)26(14-17-7-3-1-4-8-17)22(27)16-28-15-18-9-5-2-6-10-18/h1-13H,14-16H2. The van der Waals surface area contributed by atoms with Gasteiger partial charge in [-0.05, 0) is 29.3 Å². The molecule has 0 aliphatic heterocycles. The number of rotatable bonds is 7. The van der Waals surface area contributed by atoms with E-state index in [1.807, 2.05) is 66.7 Å². The van der Waals surface area contributed by atoms with Crippen LogP contribution in [-0.2, 0) is 17.1 Å². The predicted molar refractivity (Wildman–Crippen MR) is 125 cm³/mol. The van der Waals surface area contributed by atoms with E-state index in [0.29, 0.717) is 22.5 Å². The lowest BCUT2D eigenvalue weighted by Crippen LogP contribution is -2.31.